The molecule has 6 nitrogen and oxygen atoms in total. The van der Waals surface area contributed by atoms with Crippen LogP contribution in [0.1, 0.15) is 19.8 Å². The molecule has 1 aliphatic heterocycles. The Morgan fingerprint density at radius 2 is 1.90 bits per heavy atom. The van der Waals surface area contributed by atoms with Gasteiger partial charge in [-0.3, -0.25) is 19.2 Å². The Hall–Kier alpha value is -1.72. The first-order valence-electron chi connectivity index (χ1n) is 7.44. The van der Waals surface area contributed by atoms with Crippen LogP contribution in [0.25, 0.3) is 0 Å². The zero-order valence-corrected chi connectivity index (χ0v) is 11.6. The zero-order valence-electron chi connectivity index (χ0n) is 11.6. The lowest BCUT2D eigenvalue weighted by molar-refractivity contribution is -0.189. The molecule has 0 aromatic carbocycles. The summed E-state index contributed by atoms with van der Waals surface area (Å²) in [6.45, 7) is 2.22. The van der Waals surface area contributed by atoms with Crippen molar-refractivity contribution < 1.29 is 28.7 Å². The SMILES string of the molecule is CC1C2C(CC2C(=O)OC=O)CC2C3C(=O)OC(=O)C3C12. The molecule has 0 aromatic rings. The van der Waals surface area contributed by atoms with E-state index in [0.29, 0.717) is 12.3 Å². The molecule has 0 aromatic heterocycles. The molecule has 4 aliphatic rings. The second-order valence-electron chi connectivity index (χ2n) is 6.84. The van der Waals surface area contributed by atoms with Crippen molar-refractivity contribution in [1.29, 1.82) is 0 Å². The molecule has 6 heteroatoms. The van der Waals surface area contributed by atoms with Crippen LogP contribution in [0, 0.1) is 47.3 Å². The molecular weight excluding hydrogens is 276 g/mol. The highest BCUT2D eigenvalue weighted by molar-refractivity contribution is 5.98. The van der Waals surface area contributed by atoms with Gasteiger partial charge in [-0.1, -0.05) is 6.92 Å². The highest BCUT2D eigenvalue weighted by atomic mass is 16.6. The van der Waals surface area contributed by atoms with Gasteiger partial charge in [0.15, 0.2) is 0 Å². The molecular formula is C15H16O6. The molecule has 112 valence electrons. The van der Waals surface area contributed by atoms with Gasteiger partial charge in [-0.2, -0.15) is 0 Å². The molecule has 4 fully saturated rings. The van der Waals surface area contributed by atoms with Gasteiger partial charge in [0, 0.05) is 0 Å². The van der Waals surface area contributed by atoms with Crippen LogP contribution in [0.15, 0.2) is 0 Å². The molecule has 0 spiro atoms. The minimum absolute atomic E-state index is 0.127. The normalized spacial score (nSPS) is 49.8. The highest BCUT2D eigenvalue weighted by Crippen LogP contribution is 2.66. The molecule has 4 rings (SSSR count). The molecule has 0 N–H and O–H groups in total. The van der Waals surface area contributed by atoms with Gasteiger partial charge in [0.2, 0.25) is 0 Å². The molecule has 1 saturated heterocycles. The maximum absolute atomic E-state index is 11.8. The van der Waals surface area contributed by atoms with Crippen molar-refractivity contribution >= 4 is 24.4 Å². The van der Waals surface area contributed by atoms with Gasteiger partial charge in [-0.05, 0) is 42.4 Å². The fourth-order valence-electron chi connectivity index (χ4n) is 5.56. The van der Waals surface area contributed by atoms with Crippen molar-refractivity contribution in [3.63, 3.8) is 0 Å². The Morgan fingerprint density at radius 3 is 2.62 bits per heavy atom. The van der Waals surface area contributed by atoms with Gasteiger partial charge < -0.3 is 9.47 Å². The third-order valence-corrected chi connectivity index (χ3v) is 6.32. The fraction of sp³-hybridized carbons (Fsp3) is 0.733. The van der Waals surface area contributed by atoms with Crippen LogP contribution in [0.4, 0.5) is 0 Å². The Bertz CT molecular complexity index is 554. The summed E-state index contributed by atoms with van der Waals surface area (Å²) in [5.74, 6) is -0.995. The Morgan fingerprint density at radius 1 is 1.19 bits per heavy atom. The lowest BCUT2D eigenvalue weighted by atomic mass is 9.40. The van der Waals surface area contributed by atoms with E-state index in [1.54, 1.807) is 0 Å². The quantitative estimate of drug-likeness (QED) is 0.419. The topological polar surface area (TPSA) is 86.7 Å². The van der Waals surface area contributed by atoms with Crippen molar-refractivity contribution in [2.75, 3.05) is 0 Å². The largest absolute Gasteiger partial charge is 0.395 e. The van der Waals surface area contributed by atoms with Gasteiger partial charge in [0.05, 0.1) is 17.8 Å². The molecule has 0 bridgehead atoms. The van der Waals surface area contributed by atoms with Crippen molar-refractivity contribution in [3.05, 3.63) is 0 Å². The molecule has 1 heterocycles. The predicted octanol–water partition coefficient (Wildman–Crippen LogP) is 0.540. The van der Waals surface area contributed by atoms with E-state index < -0.39 is 11.9 Å². The standard InChI is InChI=1S/C15H16O6/c1-5-9-6(3-8(9)13(17)20-4-16)2-7-10(5)12-11(7)14(18)21-15(12)19/h4-12H,2-3H2,1H3. The van der Waals surface area contributed by atoms with E-state index in [-0.39, 0.29) is 53.9 Å². The zero-order chi connectivity index (χ0) is 14.9. The lowest BCUT2D eigenvalue weighted by Crippen LogP contribution is -2.62. The van der Waals surface area contributed by atoms with E-state index in [1.807, 2.05) is 6.92 Å². The number of hydrogen-bond acceptors (Lipinski definition) is 6. The van der Waals surface area contributed by atoms with Crippen molar-refractivity contribution in [1.82, 2.24) is 0 Å². The summed E-state index contributed by atoms with van der Waals surface area (Å²) in [5, 5.41) is 0. The monoisotopic (exact) mass is 292 g/mol. The predicted molar refractivity (Wildman–Crippen MR) is 66.1 cm³/mol. The average Bonchev–Trinajstić information content (AvgIpc) is 2.57. The van der Waals surface area contributed by atoms with Crippen LogP contribution in [0.2, 0.25) is 0 Å². The number of carbonyl (C=O) groups excluding carboxylic acids is 4. The Kier molecular flexibility index (Phi) is 2.56. The molecule has 8 atom stereocenters. The van der Waals surface area contributed by atoms with Gasteiger partial charge in [0.25, 0.3) is 0 Å². The maximum Gasteiger partial charge on any atom is 0.317 e. The van der Waals surface area contributed by atoms with E-state index in [0.717, 1.165) is 6.42 Å². The molecule has 3 aliphatic carbocycles. The summed E-state index contributed by atoms with van der Waals surface area (Å²) < 4.78 is 9.26. The van der Waals surface area contributed by atoms with Gasteiger partial charge in [-0.25, -0.2) is 0 Å². The van der Waals surface area contributed by atoms with Crippen molar-refractivity contribution in [2.24, 2.45) is 47.3 Å². The van der Waals surface area contributed by atoms with Gasteiger partial charge >= 0.3 is 24.4 Å². The summed E-state index contributed by atoms with van der Waals surface area (Å²) in [5.41, 5.74) is 0. The summed E-state index contributed by atoms with van der Waals surface area (Å²) in [7, 11) is 0. The smallest absolute Gasteiger partial charge is 0.317 e. The third kappa shape index (κ3) is 1.48. The van der Waals surface area contributed by atoms with Crippen LogP contribution >= 0.6 is 0 Å². The minimum Gasteiger partial charge on any atom is -0.395 e. The summed E-state index contributed by atoms with van der Waals surface area (Å²) in [6.07, 6.45) is 1.58. The molecule has 8 unspecified atom stereocenters. The van der Waals surface area contributed by atoms with Crippen LogP contribution in [-0.2, 0) is 28.7 Å². The van der Waals surface area contributed by atoms with Gasteiger partial charge in [0.1, 0.15) is 0 Å². The number of rotatable bonds is 2. The number of ether oxygens (including phenoxy) is 2. The van der Waals surface area contributed by atoms with E-state index in [9.17, 15) is 19.2 Å². The molecule has 0 amide bonds. The molecule has 0 radical (unpaired) electrons. The van der Waals surface area contributed by atoms with Crippen molar-refractivity contribution in [3.8, 4) is 0 Å². The van der Waals surface area contributed by atoms with E-state index in [2.05, 4.69) is 4.74 Å². The second kappa shape index (κ2) is 4.15. The summed E-state index contributed by atoms with van der Waals surface area (Å²) >= 11 is 0. The van der Waals surface area contributed by atoms with Crippen LogP contribution in [0.3, 0.4) is 0 Å². The van der Waals surface area contributed by atoms with Crippen LogP contribution in [0.5, 0.6) is 0 Å². The number of fused-ring (bicyclic) bond motifs is 5. The lowest BCUT2D eigenvalue weighted by Gasteiger charge is -2.61. The summed E-state index contributed by atoms with van der Waals surface area (Å²) in [6, 6.07) is 0. The third-order valence-electron chi connectivity index (χ3n) is 6.32. The number of cyclic esters (lactones) is 2. The first-order chi connectivity index (χ1) is 10.0. The summed E-state index contributed by atoms with van der Waals surface area (Å²) in [4.78, 5) is 45.6. The van der Waals surface area contributed by atoms with Crippen LogP contribution < -0.4 is 0 Å². The van der Waals surface area contributed by atoms with E-state index in [1.165, 1.54) is 0 Å². The first kappa shape index (κ1) is 13.0. The Balaban J connectivity index is 1.55. The fourth-order valence-corrected chi connectivity index (χ4v) is 5.56. The molecule has 21 heavy (non-hydrogen) atoms. The number of hydrogen-bond donors (Lipinski definition) is 0. The van der Waals surface area contributed by atoms with Crippen LogP contribution in [-0.4, -0.2) is 24.4 Å². The van der Waals surface area contributed by atoms with Gasteiger partial charge in [-0.15, -0.1) is 0 Å². The number of esters is 3. The second-order valence-corrected chi connectivity index (χ2v) is 6.84. The maximum atomic E-state index is 11.8. The number of carbonyl (C=O) groups is 4. The first-order valence-corrected chi connectivity index (χ1v) is 7.44. The Labute approximate surface area is 121 Å². The van der Waals surface area contributed by atoms with E-state index >= 15 is 0 Å². The average molecular weight is 292 g/mol. The molecule has 3 saturated carbocycles. The highest BCUT2D eigenvalue weighted by Gasteiger charge is 2.69. The van der Waals surface area contributed by atoms with E-state index in [4.69, 9.17) is 4.74 Å². The van der Waals surface area contributed by atoms with Crippen molar-refractivity contribution in [2.45, 2.75) is 19.8 Å². The minimum atomic E-state index is -0.461.